The van der Waals surface area contributed by atoms with Crippen molar-refractivity contribution < 1.29 is 4.79 Å². The SMILES string of the molecule is CCC1CCC(N(C(=O)CNC)C2CC2)CC1.Cl. The number of hydrogen-bond acceptors (Lipinski definition) is 2. The smallest absolute Gasteiger partial charge is 0.237 e. The minimum atomic E-state index is 0. The molecular formula is C14H27ClN2O. The van der Waals surface area contributed by atoms with Gasteiger partial charge in [0, 0.05) is 12.1 Å². The maximum Gasteiger partial charge on any atom is 0.237 e. The lowest BCUT2D eigenvalue weighted by Crippen LogP contribution is -2.46. The molecule has 0 saturated heterocycles. The monoisotopic (exact) mass is 274 g/mol. The number of carbonyl (C=O) groups excluding carboxylic acids is 1. The van der Waals surface area contributed by atoms with Crippen molar-refractivity contribution in [2.75, 3.05) is 13.6 Å². The summed E-state index contributed by atoms with van der Waals surface area (Å²) in [7, 11) is 1.86. The number of carbonyl (C=O) groups is 1. The number of likely N-dealkylation sites (N-methyl/N-ethyl adjacent to an activating group) is 1. The molecule has 0 unspecified atom stereocenters. The Morgan fingerprint density at radius 2 is 1.61 bits per heavy atom. The van der Waals surface area contributed by atoms with Gasteiger partial charge >= 0.3 is 0 Å². The third-order valence-electron chi connectivity index (χ3n) is 4.34. The van der Waals surface area contributed by atoms with Crippen molar-refractivity contribution >= 4 is 18.3 Å². The molecule has 0 aromatic rings. The van der Waals surface area contributed by atoms with E-state index in [0.717, 1.165) is 5.92 Å². The lowest BCUT2D eigenvalue weighted by atomic mass is 9.84. The predicted octanol–water partition coefficient (Wildman–Crippen LogP) is 2.59. The van der Waals surface area contributed by atoms with Gasteiger partial charge in [-0.05, 0) is 51.5 Å². The Bertz CT molecular complexity index is 261. The molecule has 106 valence electrons. The minimum absolute atomic E-state index is 0. The van der Waals surface area contributed by atoms with Crippen LogP contribution in [0.1, 0.15) is 51.9 Å². The zero-order valence-electron chi connectivity index (χ0n) is 11.7. The summed E-state index contributed by atoms with van der Waals surface area (Å²) in [5, 5.41) is 3.00. The Labute approximate surface area is 117 Å². The van der Waals surface area contributed by atoms with Gasteiger partial charge in [0.05, 0.1) is 6.54 Å². The average Bonchev–Trinajstić information content (AvgIpc) is 3.15. The van der Waals surface area contributed by atoms with Crippen LogP contribution in [0.2, 0.25) is 0 Å². The standard InChI is InChI=1S/C14H26N2O.ClH/c1-3-11-4-6-12(7-5-11)16(13-8-9-13)14(17)10-15-2;/h11-13,15H,3-10H2,1-2H3;1H. The quantitative estimate of drug-likeness (QED) is 0.836. The molecule has 0 aliphatic heterocycles. The molecule has 0 bridgehead atoms. The first-order valence-electron chi connectivity index (χ1n) is 7.22. The minimum Gasteiger partial charge on any atom is -0.336 e. The summed E-state index contributed by atoms with van der Waals surface area (Å²) in [6.45, 7) is 2.79. The Morgan fingerprint density at radius 1 is 1.11 bits per heavy atom. The molecule has 0 aromatic heterocycles. The van der Waals surface area contributed by atoms with Crippen molar-refractivity contribution in [3.8, 4) is 0 Å². The molecule has 0 spiro atoms. The van der Waals surface area contributed by atoms with Gasteiger partial charge in [0.2, 0.25) is 5.91 Å². The van der Waals surface area contributed by atoms with Gasteiger partial charge in [0.25, 0.3) is 0 Å². The van der Waals surface area contributed by atoms with Crippen molar-refractivity contribution in [1.29, 1.82) is 0 Å². The van der Waals surface area contributed by atoms with Gasteiger partial charge < -0.3 is 10.2 Å². The second-order valence-corrected chi connectivity index (χ2v) is 5.65. The molecule has 1 N–H and O–H groups in total. The number of rotatable bonds is 5. The van der Waals surface area contributed by atoms with Crippen LogP contribution in [-0.4, -0.2) is 36.5 Å². The van der Waals surface area contributed by atoms with Gasteiger partial charge in [0.1, 0.15) is 0 Å². The van der Waals surface area contributed by atoms with E-state index < -0.39 is 0 Å². The maximum atomic E-state index is 12.1. The van der Waals surface area contributed by atoms with Crippen molar-refractivity contribution in [1.82, 2.24) is 10.2 Å². The van der Waals surface area contributed by atoms with Crippen LogP contribution in [0.5, 0.6) is 0 Å². The van der Waals surface area contributed by atoms with Crippen LogP contribution in [0, 0.1) is 5.92 Å². The Morgan fingerprint density at radius 3 is 2.00 bits per heavy atom. The topological polar surface area (TPSA) is 32.3 Å². The van der Waals surface area contributed by atoms with Gasteiger partial charge in [0.15, 0.2) is 0 Å². The molecule has 4 heteroatoms. The molecule has 18 heavy (non-hydrogen) atoms. The Hall–Kier alpha value is -0.280. The predicted molar refractivity (Wildman–Crippen MR) is 77.1 cm³/mol. The highest BCUT2D eigenvalue weighted by Crippen LogP contribution is 2.36. The largest absolute Gasteiger partial charge is 0.336 e. The van der Waals surface area contributed by atoms with E-state index in [9.17, 15) is 4.79 Å². The van der Waals surface area contributed by atoms with Crippen molar-refractivity contribution in [2.24, 2.45) is 5.92 Å². The summed E-state index contributed by atoms with van der Waals surface area (Å²) >= 11 is 0. The van der Waals surface area contributed by atoms with Gasteiger partial charge in [-0.25, -0.2) is 0 Å². The molecule has 2 aliphatic rings. The van der Waals surface area contributed by atoms with Gasteiger partial charge in [-0.15, -0.1) is 12.4 Å². The number of amides is 1. The fourth-order valence-electron chi connectivity index (χ4n) is 3.13. The zero-order valence-corrected chi connectivity index (χ0v) is 12.5. The van der Waals surface area contributed by atoms with Crippen molar-refractivity contribution in [3.63, 3.8) is 0 Å². The molecule has 0 atom stereocenters. The fraction of sp³-hybridized carbons (Fsp3) is 0.929. The summed E-state index contributed by atoms with van der Waals surface area (Å²) in [4.78, 5) is 14.3. The maximum absolute atomic E-state index is 12.1. The number of halogens is 1. The second kappa shape index (κ2) is 7.34. The van der Waals surface area contributed by atoms with Gasteiger partial charge in [-0.3, -0.25) is 4.79 Å². The third kappa shape index (κ3) is 3.86. The van der Waals surface area contributed by atoms with E-state index in [2.05, 4.69) is 17.1 Å². The first-order chi connectivity index (χ1) is 8.26. The molecule has 0 heterocycles. The Balaban J connectivity index is 0.00000162. The molecule has 2 fully saturated rings. The molecule has 2 aliphatic carbocycles. The lowest BCUT2D eigenvalue weighted by Gasteiger charge is -2.37. The van der Waals surface area contributed by atoms with Crippen LogP contribution in [0.4, 0.5) is 0 Å². The summed E-state index contributed by atoms with van der Waals surface area (Å²) < 4.78 is 0. The van der Waals surface area contributed by atoms with Gasteiger partial charge in [-0.1, -0.05) is 13.3 Å². The third-order valence-corrected chi connectivity index (χ3v) is 4.34. The number of hydrogen-bond donors (Lipinski definition) is 1. The highest BCUT2D eigenvalue weighted by atomic mass is 35.5. The van der Waals surface area contributed by atoms with Crippen LogP contribution < -0.4 is 5.32 Å². The van der Waals surface area contributed by atoms with E-state index in [1.165, 1.54) is 44.9 Å². The van der Waals surface area contributed by atoms with E-state index in [0.29, 0.717) is 24.5 Å². The van der Waals surface area contributed by atoms with Crippen LogP contribution >= 0.6 is 12.4 Å². The fourth-order valence-corrected chi connectivity index (χ4v) is 3.13. The van der Waals surface area contributed by atoms with Gasteiger partial charge in [-0.2, -0.15) is 0 Å². The summed E-state index contributed by atoms with van der Waals surface area (Å²) in [5.74, 6) is 1.22. The van der Waals surface area contributed by atoms with Crippen LogP contribution in [0.3, 0.4) is 0 Å². The summed E-state index contributed by atoms with van der Waals surface area (Å²) in [6.07, 6.45) is 8.84. The van der Waals surface area contributed by atoms with E-state index in [-0.39, 0.29) is 12.4 Å². The van der Waals surface area contributed by atoms with Crippen molar-refractivity contribution in [3.05, 3.63) is 0 Å². The second-order valence-electron chi connectivity index (χ2n) is 5.65. The molecule has 1 amide bonds. The Kier molecular flexibility index (Phi) is 6.44. The number of nitrogens with one attached hydrogen (secondary N) is 1. The average molecular weight is 275 g/mol. The summed E-state index contributed by atoms with van der Waals surface area (Å²) in [5.41, 5.74) is 0. The first-order valence-corrected chi connectivity index (χ1v) is 7.22. The van der Waals surface area contributed by atoms with E-state index in [1.54, 1.807) is 0 Å². The lowest BCUT2D eigenvalue weighted by molar-refractivity contribution is -0.134. The normalized spacial score (nSPS) is 27.4. The van der Waals surface area contributed by atoms with E-state index >= 15 is 0 Å². The highest BCUT2D eigenvalue weighted by Gasteiger charge is 2.38. The molecule has 0 radical (unpaired) electrons. The zero-order chi connectivity index (χ0) is 12.3. The van der Waals surface area contributed by atoms with E-state index in [1.807, 2.05) is 7.05 Å². The highest BCUT2D eigenvalue weighted by molar-refractivity contribution is 5.85. The molecule has 3 nitrogen and oxygen atoms in total. The van der Waals surface area contributed by atoms with Crippen LogP contribution in [-0.2, 0) is 4.79 Å². The molecule has 2 rings (SSSR count). The van der Waals surface area contributed by atoms with Crippen LogP contribution in [0.15, 0.2) is 0 Å². The van der Waals surface area contributed by atoms with E-state index in [4.69, 9.17) is 0 Å². The summed E-state index contributed by atoms with van der Waals surface area (Å²) in [6, 6.07) is 1.10. The van der Waals surface area contributed by atoms with Crippen LogP contribution in [0.25, 0.3) is 0 Å². The van der Waals surface area contributed by atoms with Crippen molar-refractivity contribution in [2.45, 2.75) is 64.0 Å². The number of nitrogens with zero attached hydrogens (tertiary/aromatic N) is 1. The molecule has 0 aromatic carbocycles. The molecule has 2 saturated carbocycles. The molecular weight excluding hydrogens is 248 g/mol. The first kappa shape index (κ1) is 15.8.